The first kappa shape index (κ1) is 13.6. The van der Waals surface area contributed by atoms with E-state index in [2.05, 4.69) is 54.2 Å². The van der Waals surface area contributed by atoms with E-state index in [1.807, 2.05) is 12.1 Å². The fourth-order valence-electron chi connectivity index (χ4n) is 2.17. The van der Waals surface area contributed by atoms with Gasteiger partial charge in [-0.25, -0.2) is 4.98 Å². The number of nitrogens with zero attached hydrogens (tertiary/aromatic N) is 2. The molecule has 2 N–H and O–H groups in total. The number of nitrogens with two attached hydrogens (primary N) is 1. The molecule has 98 valence electrons. The monoisotopic (exact) mass is 309 g/mol. The van der Waals surface area contributed by atoms with Gasteiger partial charge in [0.05, 0.1) is 11.4 Å². The van der Waals surface area contributed by atoms with Crippen LogP contribution in [0.1, 0.15) is 45.0 Å². The van der Waals surface area contributed by atoms with E-state index >= 15 is 0 Å². The standard InChI is InChI=1S/C14H20BrN3/c1-9(7-16)12-13(14(2,3)4)17-11-6-5-10(15)8-18(11)12/h5-6,8-9H,7,16H2,1-4H3. The number of hydrogen-bond donors (Lipinski definition) is 1. The van der Waals surface area contributed by atoms with E-state index in [0.717, 1.165) is 15.8 Å². The minimum atomic E-state index is 0.0251. The largest absolute Gasteiger partial charge is 0.330 e. The minimum absolute atomic E-state index is 0.0251. The quantitative estimate of drug-likeness (QED) is 0.923. The lowest BCUT2D eigenvalue weighted by atomic mass is 9.87. The first-order valence-corrected chi connectivity index (χ1v) is 7.02. The topological polar surface area (TPSA) is 43.3 Å². The van der Waals surface area contributed by atoms with Gasteiger partial charge in [0, 0.05) is 28.5 Å². The number of halogens is 1. The van der Waals surface area contributed by atoms with Crippen molar-refractivity contribution in [3.8, 4) is 0 Å². The van der Waals surface area contributed by atoms with Gasteiger partial charge in [-0.3, -0.25) is 0 Å². The van der Waals surface area contributed by atoms with Gasteiger partial charge in [-0.1, -0.05) is 27.7 Å². The summed E-state index contributed by atoms with van der Waals surface area (Å²) in [4.78, 5) is 4.78. The van der Waals surface area contributed by atoms with E-state index in [0.29, 0.717) is 12.5 Å². The van der Waals surface area contributed by atoms with Gasteiger partial charge >= 0.3 is 0 Å². The number of aromatic nitrogens is 2. The molecule has 2 rings (SSSR count). The van der Waals surface area contributed by atoms with Crippen molar-refractivity contribution < 1.29 is 0 Å². The van der Waals surface area contributed by atoms with Crippen LogP contribution in [0.5, 0.6) is 0 Å². The summed E-state index contributed by atoms with van der Waals surface area (Å²) in [6.07, 6.45) is 2.07. The highest BCUT2D eigenvalue weighted by Gasteiger charge is 2.26. The highest BCUT2D eigenvalue weighted by molar-refractivity contribution is 9.10. The molecular formula is C14H20BrN3. The maximum Gasteiger partial charge on any atom is 0.137 e. The molecule has 0 saturated carbocycles. The third-order valence-corrected chi connectivity index (χ3v) is 3.62. The summed E-state index contributed by atoms with van der Waals surface area (Å²) in [6, 6.07) is 4.05. The molecule has 0 bridgehead atoms. The molecule has 0 spiro atoms. The lowest BCUT2D eigenvalue weighted by Crippen LogP contribution is -2.19. The van der Waals surface area contributed by atoms with Crippen LogP contribution in [0.4, 0.5) is 0 Å². The van der Waals surface area contributed by atoms with Crippen molar-refractivity contribution in [2.45, 2.75) is 39.0 Å². The normalized spacial score (nSPS) is 14.1. The molecule has 18 heavy (non-hydrogen) atoms. The Labute approximate surface area is 117 Å². The van der Waals surface area contributed by atoms with Crippen LogP contribution in [-0.2, 0) is 5.41 Å². The van der Waals surface area contributed by atoms with Crippen LogP contribution in [0.15, 0.2) is 22.8 Å². The van der Waals surface area contributed by atoms with Crippen LogP contribution in [0.2, 0.25) is 0 Å². The molecule has 1 unspecified atom stereocenters. The third kappa shape index (κ3) is 2.31. The summed E-state index contributed by atoms with van der Waals surface area (Å²) < 4.78 is 3.21. The van der Waals surface area contributed by atoms with Gasteiger partial charge in [-0.2, -0.15) is 0 Å². The van der Waals surface area contributed by atoms with Gasteiger partial charge < -0.3 is 10.1 Å². The van der Waals surface area contributed by atoms with Crippen LogP contribution in [-0.4, -0.2) is 15.9 Å². The van der Waals surface area contributed by atoms with E-state index < -0.39 is 0 Å². The molecule has 0 aromatic carbocycles. The van der Waals surface area contributed by atoms with Crippen molar-refractivity contribution in [2.24, 2.45) is 5.73 Å². The summed E-state index contributed by atoms with van der Waals surface area (Å²) in [5.74, 6) is 0.295. The first-order chi connectivity index (χ1) is 8.34. The fourth-order valence-corrected chi connectivity index (χ4v) is 2.51. The second kappa shape index (κ2) is 4.67. The Kier molecular flexibility index (Phi) is 3.52. The summed E-state index contributed by atoms with van der Waals surface area (Å²) in [5.41, 5.74) is 9.22. The number of rotatable bonds is 2. The zero-order valence-corrected chi connectivity index (χ0v) is 13.0. The van der Waals surface area contributed by atoms with Gasteiger partial charge in [0.15, 0.2) is 0 Å². The predicted octanol–water partition coefficient (Wildman–Crippen LogP) is 3.46. The van der Waals surface area contributed by atoms with Crippen molar-refractivity contribution in [1.82, 2.24) is 9.38 Å². The molecule has 4 heteroatoms. The highest BCUT2D eigenvalue weighted by atomic mass is 79.9. The predicted molar refractivity (Wildman–Crippen MR) is 79.1 cm³/mol. The SMILES string of the molecule is CC(CN)c1c(C(C)(C)C)nc2ccc(Br)cn12. The number of pyridine rings is 1. The van der Waals surface area contributed by atoms with Crippen LogP contribution >= 0.6 is 15.9 Å². The Balaban J connectivity index is 2.78. The van der Waals surface area contributed by atoms with Crippen molar-refractivity contribution >= 4 is 21.6 Å². The van der Waals surface area contributed by atoms with Crippen molar-refractivity contribution in [3.05, 3.63) is 34.2 Å². The molecule has 0 radical (unpaired) electrons. The molecule has 3 nitrogen and oxygen atoms in total. The Morgan fingerprint density at radius 3 is 2.61 bits per heavy atom. The zero-order valence-electron chi connectivity index (χ0n) is 11.4. The van der Waals surface area contributed by atoms with Gasteiger partial charge in [0.25, 0.3) is 0 Å². The van der Waals surface area contributed by atoms with Crippen LogP contribution < -0.4 is 5.73 Å². The molecule has 0 aliphatic heterocycles. The molecule has 0 fully saturated rings. The Bertz CT molecular complexity index is 566. The van der Waals surface area contributed by atoms with Crippen molar-refractivity contribution in [3.63, 3.8) is 0 Å². The lowest BCUT2D eigenvalue weighted by Gasteiger charge is -2.20. The lowest BCUT2D eigenvalue weighted by molar-refractivity contribution is 0.554. The molecule has 2 aromatic heterocycles. The molecule has 0 amide bonds. The molecular weight excluding hydrogens is 290 g/mol. The number of imidazole rings is 1. The van der Waals surface area contributed by atoms with Crippen molar-refractivity contribution in [2.75, 3.05) is 6.54 Å². The van der Waals surface area contributed by atoms with Crippen LogP contribution in [0.25, 0.3) is 5.65 Å². The molecule has 1 atom stereocenters. The minimum Gasteiger partial charge on any atom is -0.330 e. The van der Waals surface area contributed by atoms with E-state index in [-0.39, 0.29) is 5.41 Å². The Morgan fingerprint density at radius 2 is 2.06 bits per heavy atom. The molecule has 0 aliphatic rings. The number of hydrogen-bond acceptors (Lipinski definition) is 2. The average molecular weight is 310 g/mol. The van der Waals surface area contributed by atoms with Gasteiger partial charge in [-0.05, 0) is 28.1 Å². The van der Waals surface area contributed by atoms with E-state index in [4.69, 9.17) is 10.7 Å². The summed E-state index contributed by atoms with van der Waals surface area (Å²) in [6.45, 7) is 9.35. The van der Waals surface area contributed by atoms with Crippen LogP contribution in [0, 0.1) is 0 Å². The van der Waals surface area contributed by atoms with Gasteiger partial charge in [0.1, 0.15) is 5.65 Å². The van der Waals surface area contributed by atoms with Gasteiger partial charge in [-0.15, -0.1) is 0 Å². The molecule has 0 aliphatic carbocycles. The maximum atomic E-state index is 5.85. The maximum absolute atomic E-state index is 5.85. The molecule has 2 aromatic rings. The average Bonchev–Trinajstić information content (AvgIpc) is 2.66. The van der Waals surface area contributed by atoms with E-state index in [1.54, 1.807) is 0 Å². The fraction of sp³-hybridized carbons (Fsp3) is 0.500. The number of fused-ring (bicyclic) bond motifs is 1. The summed E-state index contributed by atoms with van der Waals surface area (Å²) in [7, 11) is 0. The molecule has 0 saturated heterocycles. The van der Waals surface area contributed by atoms with Crippen molar-refractivity contribution in [1.29, 1.82) is 0 Å². The van der Waals surface area contributed by atoms with Crippen LogP contribution in [0.3, 0.4) is 0 Å². The Hall–Kier alpha value is -0.870. The van der Waals surface area contributed by atoms with E-state index in [9.17, 15) is 0 Å². The van der Waals surface area contributed by atoms with Gasteiger partial charge in [0.2, 0.25) is 0 Å². The molecule has 2 heterocycles. The summed E-state index contributed by atoms with van der Waals surface area (Å²) in [5, 5.41) is 0. The highest BCUT2D eigenvalue weighted by Crippen LogP contribution is 2.31. The third-order valence-electron chi connectivity index (χ3n) is 3.15. The summed E-state index contributed by atoms with van der Waals surface area (Å²) >= 11 is 3.52. The first-order valence-electron chi connectivity index (χ1n) is 6.22. The Morgan fingerprint density at radius 1 is 1.39 bits per heavy atom. The smallest absolute Gasteiger partial charge is 0.137 e. The second-order valence-corrected chi connectivity index (χ2v) is 6.72. The second-order valence-electron chi connectivity index (χ2n) is 5.81. The van der Waals surface area contributed by atoms with E-state index in [1.165, 1.54) is 5.69 Å². The zero-order chi connectivity index (χ0) is 13.5.